The molecule has 9 heteroatoms. The van der Waals surface area contributed by atoms with E-state index in [1.165, 1.54) is 5.70 Å². The molecule has 9 nitrogen and oxygen atoms in total. The first-order valence-corrected chi connectivity index (χ1v) is 10.0. The summed E-state index contributed by atoms with van der Waals surface area (Å²) in [6, 6.07) is 6.11. The van der Waals surface area contributed by atoms with Gasteiger partial charge in [0, 0.05) is 35.9 Å². The van der Waals surface area contributed by atoms with Gasteiger partial charge in [-0.05, 0) is 37.6 Å². The normalized spacial score (nSPS) is 21.5. The van der Waals surface area contributed by atoms with Gasteiger partial charge in [-0.25, -0.2) is 9.50 Å². The summed E-state index contributed by atoms with van der Waals surface area (Å²) >= 11 is 0. The molecule has 1 unspecified atom stereocenters. The zero-order valence-electron chi connectivity index (χ0n) is 16.7. The van der Waals surface area contributed by atoms with E-state index in [4.69, 9.17) is 4.74 Å². The number of hydrogen-bond donors (Lipinski definition) is 2. The van der Waals surface area contributed by atoms with Gasteiger partial charge in [0.1, 0.15) is 0 Å². The average molecular weight is 403 g/mol. The lowest BCUT2D eigenvalue weighted by atomic mass is 9.86. The molecular formula is C21H21N7O2. The number of rotatable bonds is 3. The van der Waals surface area contributed by atoms with E-state index in [2.05, 4.69) is 36.7 Å². The van der Waals surface area contributed by atoms with Crippen LogP contribution in [-0.4, -0.2) is 44.7 Å². The van der Waals surface area contributed by atoms with Gasteiger partial charge in [0.2, 0.25) is 17.5 Å². The average Bonchev–Trinajstić information content (AvgIpc) is 2.99. The number of ether oxygens (including phenoxy) is 1. The third kappa shape index (κ3) is 2.45. The Labute approximate surface area is 172 Å². The van der Waals surface area contributed by atoms with Crippen molar-refractivity contribution in [1.82, 2.24) is 19.6 Å². The number of amides is 1. The van der Waals surface area contributed by atoms with Crippen molar-refractivity contribution in [3.8, 4) is 0 Å². The van der Waals surface area contributed by atoms with Crippen molar-refractivity contribution >= 4 is 34.7 Å². The van der Waals surface area contributed by atoms with Gasteiger partial charge in [-0.15, -0.1) is 5.10 Å². The highest BCUT2D eigenvalue weighted by Gasteiger charge is 2.39. The van der Waals surface area contributed by atoms with Crippen LogP contribution in [0.4, 0.5) is 23.1 Å². The van der Waals surface area contributed by atoms with Crippen molar-refractivity contribution in [3.63, 3.8) is 0 Å². The lowest BCUT2D eigenvalue weighted by molar-refractivity contribution is -0.119. The van der Waals surface area contributed by atoms with Crippen LogP contribution in [0.3, 0.4) is 0 Å². The molecular weight excluding hydrogens is 382 g/mol. The van der Waals surface area contributed by atoms with Crippen LogP contribution in [0.1, 0.15) is 25.8 Å². The summed E-state index contributed by atoms with van der Waals surface area (Å²) in [4.78, 5) is 23.6. The summed E-state index contributed by atoms with van der Waals surface area (Å²) in [7, 11) is 0. The first-order valence-electron chi connectivity index (χ1n) is 10.0. The van der Waals surface area contributed by atoms with Crippen molar-refractivity contribution in [2.75, 3.05) is 28.7 Å². The summed E-state index contributed by atoms with van der Waals surface area (Å²) in [5, 5.41) is 10.8. The van der Waals surface area contributed by atoms with Crippen molar-refractivity contribution in [2.24, 2.45) is 0 Å². The zero-order valence-corrected chi connectivity index (χ0v) is 16.7. The molecule has 3 aromatic rings. The molecule has 1 saturated heterocycles. The first kappa shape index (κ1) is 17.4. The predicted molar refractivity (Wildman–Crippen MR) is 112 cm³/mol. The fraction of sp³-hybridized carbons (Fsp3) is 0.333. The maximum Gasteiger partial charge on any atom is 0.247 e. The molecule has 3 aliphatic heterocycles. The Bertz CT molecular complexity index is 1230. The van der Waals surface area contributed by atoms with Crippen molar-refractivity contribution in [1.29, 1.82) is 0 Å². The van der Waals surface area contributed by atoms with E-state index in [1.54, 1.807) is 16.9 Å². The molecule has 152 valence electrons. The number of anilines is 4. The molecule has 2 bridgehead atoms. The second-order valence-electron chi connectivity index (χ2n) is 8.38. The fourth-order valence-corrected chi connectivity index (χ4v) is 4.36. The smallest absolute Gasteiger partial charge is 0.247 e. The molecule has 1 fully saturated rings. The number of nitrogens with one attached hydrogen (secondary N) is 2. The summed E-state index contributed by atoms with van der Waals surface area (Å²) < 4.78 is 7.36. The topological polar surface area (TPSA) is 96.7 Å². The molecule has 30 heavy (non-hydrogen) atoms. The minimum Gasteiger partial charge on any atom is -0.375 e. The predicted octanol–water partition coefficient (Wildman–Crippen LogP) is 2.59. The van der Waals surface area contributed by atoms with Crippen molar-refractivity contribution in [2.45, 2.75) is 31.7 Å². The molecule has 1 aromatic carbocycles. The third-order valence-corrected chi connectivity index (χ3v) is 6.10. The van der Waals surface area contributed by atoms with Gasteiger partial charge in [-0.3, -0.25) is 4.79 Å². The molecule has 1 amide bonds. The Morgan fingerprint density at radius 2 is 2.23 bits per heavy atom. The third-order valence-electron chi connectivity index (χ3n) is 6.10. The van der Waals surface area contributed by atoms with Crippen LogP contribution in [0.5, 0.6) is 0 Å². The minimum absolute atomic E-state index is 0.00511. The van der Waals surface area contributed by atoms with Crippen LogP contribution < -0.4 is 15.5 Å². The molecule has 1 atom stereocenters. The fourth-order valence-electron chi connectivity index (χ4n) is 4.36. The summed E-state index contributed by atoms with van der Waals surface area (Å²) in [6.45, 7) is 5.16. The second-order valence-corrected chi connectivity index (χ2v) is 8.38. The van der Waals surface area contributed by atoms with Gasteiger partial charge < -0.3 is 20.3 Å². The van der Waals surface area contributed by atoms with E-state index in [0.29, 0.717) is 24.8 Å². The van der Waals surface area contributed by atoms with Gasteiger partial charge in [0.15, 0.2) is 5.82 Å². The van der Waals surface area contributed by atoms with Gasteiger partial charge in [-0.1, -0.05) is 6.07 Å². The second kappa shape index (κ2) is 6.02. The number of fused-ring (bicyclic) bond motifs is 4. The highest BCUT2D eigenvalue weighted by molar-refractivity contribution is 6.06. The molecule has 6 rings (SSSR count). The number of nitrogens with zero attached hydrogens (tertiary/aromatic N) is 5. The van der Waals surface area contributed by atoms with Crippen LogP contribution in [0.25, 0.3) is 5.65 Å². The van der Waals surface area contributed by atoms with Gasteiger partial charge >= 0.3 is 0 Å². The molecule has 0 aliphatic carbocycles. The van der Waals surface area contributed by atoms with E-state index < -0.39 is 5.41 Å². The molecule has 5 heterocycles. The molecule has 2 aromatic heterocycles. The Kier molecular flexibility index (Phi) is 3.49. The lowest BCUT2D eigenvalue weighted by Gasteiger charge is -2.42. The standard InChI is InChI=1S/C21H21N7O2/c1-21(2)15-4-3-12(9-16(15)24-19(21)29)23-20-25-18-17(22-6-7-27(18)26-20)28-13-5-8-30-11-14(28)10-13/h3-7,9,14H,8,10-11H2,1-2H3,(H,23,26)(H,24,29). The Morgan fingerprint density at radius 1 is 1.33 bits per heavy atom. The van der Waals surface area contributed by atoms with E-state index in [-0.39, 0.29) is 11.9 Å². The molecule has 0 saturated carbocycles. The van der Waals surface area contributed by atoms with Gasteiger partial charge in [0.05, 0.1) is 24.7 Å². The highest BCUT2D eigenvalue weighted by Crippen LogP contribution is 2.40. The van der Waals surface area contributed by atoms with Gasteiger partial charge in [0.25, 0.3) is 0 Å². The van der Waals surface area contributed by atoms with Crippen LogP contribution in [0.15, 0.2) is 42.4 Å². The van der Waals surface area contributed by atoms with Crippen molar-refractivity contribution in [3.05, 3.63) is 47.9 Å². The summed E-state index contributed by atoms with van der Waals surface area (Å²) in [6.07, 6.45) is 6.63. The van der Waals surface area contributed by atoms with Gasteiger partial charge in [-0.2, -0.15) is 4.98 Å². The van der Waals surface area contributed by atoms with E-state index in [1.807, 2.05) is 32.0 Å². The maximum absolute atomic E-state index is 12.2. The van der Waals surface area contributed by atoms with E-state index in [0.717, 1.165) is 29.2 Å². The Balaban J connectivity index is 1.33. The largest absolute Gasteiger partial charge is 0.375 e. The zero-order chi connectivity index (χ0) is 20.5. The number of benzene rings is 1. The number of aromatic nitrogens is 4. The minimum atomic E-state index is -0.526. The number of carbonyl (C=O) groups is 1. The monoisotopic (exact) mass is 403 g/mol. The van der Waals surface area contributed by atoms with Crippen LogP contribution in [-0.2, 0) is 14.9 Å². The Morgan fingerprint density at radius 3 is 3.13 bits per heavy atom. The molecule has 3 aliphatic rings. The summed E-state index contributed by atoms with van der Waals surface area (Å²) in [5.74, 6) is 1.26. The SMILES string of the molecule is CC1(C)C(=O)Nc2cc(Nc3nc4c(N5C6=CCOCC5C6)nccn4n3)ccc21. The number of hydrogen-bond acceptors (Lipinski definition) is 7. The summed E-state index contributed by atoms with van der Waals surface area (Å²) in [5.41, 5.74) is 4.00. The lowest BCUT2D eigenvalue weighted by Crippen LogP contribution is -2.47. The number of carbonyl (C=O) groups excluding carboxylic acids is 1. The van der Waals surface area contributed by atoms with Crippen LogP contribution in [0.2, 0.25) is 0 Å². The maximum atomic E-state index is 12.2. The van der Waals surface area contributed by atoms with Crippen molar-refractivity contribution < 1.29 is 9.53 Å². The molecule has 2 N–H and O–H groups in total. The Hall–Kier alpha value is -3.46. The molecule has 0 spiro atoms. The van der Waals surface area contributed by atoms with E-state index in [9.17, 15) is 4.79 Å². The first-order chi connectivity index (χ1) is 14.5. The van der Waals surface area contributed by atoms with Crippen LogP contribution >= 0.6 is 0 Å². The quantitative estimate of drug-likeness (QED) is 0.694. The highest BCUT2D eigenvalue weighted by atomic mass is 16.5. The van der Waals surface area contributed by atoms with Crippen LogP contribution in [0, 0.1) is 0 Å². The van der Waals surface area contributed by atoms with E-state index >= 15 is 0 Å². The molecule has 0 radical (unpaired) electrons.